The molecular weight excluding hydrogens is 547 g/mol. The minimum Gasteiger partial charge on any atom is -0.409 e. The molecule has 3 nitrogen and oxygen atoms in total. The molecule has 6 rings (SSSR count). The summed E-state index contributed by atoms with van der Waals surface area (Å²) in [4.78, 5) is 0. The van der Waals surface area contributed by atoms with Gasteiger partial charge < -0.3 is 13.6 Å². The molecule has 4 heteroatoms. The molecule has 0 spiro atoms. The van der Waals surface area contributed by atoms with Crippen molar-refractivity contribution < 1.29 is 13.6 Å². The summed E-state index contributed by atoms with van der Waals surface area (Å²) in [6, 6.07) is 49.3. The van der Waals surface area contributed by atoms with E-state index >= 15 is 0 Å². The van der Waals surface area contributed by atoms with E-state index in [1.807, 2.05) is 36.4 Å². The second-order valence-corrected chi connectivity index (χ2v) is 11.5. The van der Waals surface area contributed by atoms with E-state index in [0.717, 1.165) is 16.7 Å². The van der Waals surface area contributed by atoms with Crippen LogP contribution in [0.4, 0.5) is 0 Å². The molecule has 0 heterocycles. The lowest BCUT2D eigenvalue weighted by molar-refractivity contribution is 0.388. The summed E-state index contributed by atoms with van der Waals surface area (Å²) >= 11 is 0. The van der Waals surface area contributed by atoms with Crippen LogP contribution in [0.3, 0.4) is 0 Å². The van der Waals surface area contributed by atoms with Gasteiger partial charge in [0, 0.05) is 0 Å². The zero-order valence-electron chi connectivity index (χ0n) is 24.5. The van der Waals surface area contributed by atoms with E-state index < -0.39 is 8.60 Å². The van der Waals surface area contributed by atoms with Crippen LogP contribution in [0.5, 0.6) is 17.2 Å². The zero-order chi connectivity index (χ0) is 29.6. The largest absolute Gasteiger partial charge is 0.530 e. The Morgan fingerprint density at radius 3 is 0.837 bits per heavy atom. The Labute approximate surface area is 255 Å². The van der Waals surface area contributed by atoms with E-state index in [9.17, 15) is 0 Å². The topological polar surface area (TPSA) is 27.7 Å². The number of hydrogen-bond donors (Lipinski definition) is 0. The van der Waals surface area contributed by atoms with E-state index in [4.69, 9.17) is 13.6 Å². The molecule has 0 radical (unpaired) electrons. The monoisotopic (exact) mass is 580 g/mol. The molecule has 0 amide bonds. The van der Waals surface area contributed by atoms with Crippen molar-refractivity contribution in [2.45, 2.75) is 20.8 Å². The SMILES string of the molecule is Cc1ccccc1-c1ccc(OP(Oc2ccc(-c3ccccc3C)cc2)Oc2ccc(-c3ccccc3C)cc2)cc1. The zero-order valence-corrected chi connectivity index (χ0v) is 25.4. The molecular formula is C39H33O3P. The van der Waals surface area contributed by atoms with Crippen molar-refractivity contribution in [2.24, 2.45) is 0 Å². The van der Waals surface area contributed by atoms with Gasteiger partial charge in [0.25, 0.3) is 0 Å². The van der Waals surface area contributed by atoms with E-state index in [1.54, 1.807) is 0 Å². The Balaban J connectivity index is 1.23. The molecule has 0 atom stereocenters. The Bertz CT molecular complexity index is 1590. The lowest BCUT2D eigenvalue weighted by Gasteiger charge is -2.19. The molecule has 0 aliphatic rings. The standard InChI is InChI=1S/C39H33O3P/c1-28-10-4-7-13-37(28)31-16-22-34(23-17-31)40-43(41-35-24-18-32(19-25-35)38-14-8-5-11-29(38)2)42-36-26-20-33(21-27-36)39-15-9-6-12-30(39)3/h4-27H,1-3H3. The van der Waals surface area contributed by atoms with E-state index in [-0.39, 0.29) is 0 Å². The third-order valence-electron chi connectivity index (χ3n) is 7.47. The quantitative estimate of drug-likeness (QED) is 0.159. The number of benzene rings is 6. The van der Waals surface area contributed by atoms with E-state index in [1.165, 1.54) is 33.4 Å². The van der Waals surface area contributed by atoms with Gasteiger partial charge in [-0.05, 0) is 107 Å². The predicted molar refractivity (Wildman–Crippen MR) is 179 cm³/mol. The van der Waals surface area contributed by atoms with Crippen LogP contribution in [0.25, 0.3) is 33.4 Å². The molecule has 0 N–H and O–H groups in total. The first-order valence-electron chi connectivity index (χ1n) is 14.4. The van der Waals surface area contributed by atoms with Crippen LogP contribution in [0.2, 0.25) is 0 Å². The van der Waals surface area contributed by atoms with Crippen molar-refractivity contribution in [2.75, 3.05) is 0 Å². The van der Waals surface area contributed by atoms with E-state index in [0.29, 0.717) is 17.2 Å². The lowest BCUT2D eigenvalue weighted by atomic mass is 10.0. The maximum Gasteiger partial charge on any atom is 0.530 e. The van der Waals surface area contributed by atoms with Crippen LogP contribution in [0.15, 0.2) is 146 Å². The Kier molecular flexibility index (Phi) is 8.54. The molecule has 6 aromatic rings. The summed E-state index contributed by atoms with van der Waals surface area (Å²) in [7, 11) is -1.80. The van der Waals surface area contributed by atoms with Crippen molar-refractivity contribution >= 4 is 8.60 Å². The molecule has 0 saturated heterocycles. The minimum absolute atomic E-state index is 0.677. The smallest absolute Gasteiger partial charge is 0.409 e. The van der Waals surface area contributed by atoms with Crippen molar-refractivity contribution in [3.8, 4) is 50.6 Å². The van der Waals surface area contributed by atoms with Crippen molar-refractivity contribution in [1.29, 1.82) is 0 Å². The van der Waals surface area contributed by atoms with Crippen LogP contribution in [-0.4, -0.2) is 0 Å². The van der Waals surface area contributed by atoms with Gasteiger partial charge in [0.05, 0.1) is 0 Å². The number of rotatable bonds is 9. The maximum atomic E-state index is 6.33. The summed E-state index contributed by atoms with van der Waals surface area (Å²) < 4.78 is 19.0. The number of hydrogen-bond acceptors (Lipinski definition) is 3. The molecule has 0 bridgehead atoms. The molecule has 0 saturated carbocycles. The summed E-state index contributed by atoms with van der Waals surface area (Å²) in [5, 5.41) is 0. The van der Waals surface area contributed by atoms with Crippen molar-refractivity contribution in [1.82, 2.24) is 0 Å². The normalized spacial score (nSPS) is 10.9. The highest BCUT2D eigenvalue weighted by Crippen LogP contribution is 2.43. The van der Waals surface area contributed by atoms with E-state index in [2.05, 4.69) is 130 Å². The summed E-state index contributed by atoms with van der Waals surface area (Å²) in [5.41, 5.74) is 10.7. The molecule has 0 fully saturated rings. The third kappa shape index (κ3) is 6.80. The fraction of sp³-hybridized carbons (Fsp3) is 0.0769. The summed E-state index contributed by atoms with van der Waals surface area (Å²) in [6.07, 6.45) is 0. The van der Waals surface area contributed by atoms with Crippen LogP contribution >= 0.6 is 8.60 Å². The average molecular weight is 581 g/mol. The van der Waals surface area contributed by atoms with Gasteiger partial charge in [-0.2, -0.15) is 0 Å². The Morgan fingerprint density at radius 2 is 0.581 bits per heavy atom. The second-order valence-electron chi connectivity index (χ2n) is 10.5. The highest BCUT2D eigenvalue weighted by atomic mass is 31.2. The van der Waals surface area contributed by atoms with Crippen LogP contribution in [0.1, 0.15) is 16.7 Å². The molecule has 0 unspecified atom stereocenters. The molecule has 0 aliphatic heterocycles. The van der Waals surface area contributed by atoms with Crippen molar-refractivity contribution in [3.63, 3.8) is 0 Å². The highest BCUT2D eigenvalue weighted by Gasteiger charge is 2.20. The third-order valence-corrected chi connectivity index (χ3v) is 8.55. The van der Waals surface area contributed by atoms with Crippen LogP contribution in [0, 0.1) is 20.8 Å². The van der Waals surface area contributed by atoms with Gasteiger partial charge in [0.2, 0.25) is 0 Å². The van der Waals surface area contributed by atoms with Gasteiger partial charge in [-0.15, -0.1) is 0 Å². The first-order chi connectivity index (χ1) is 21.0. The van der Waals surface area contributed by atoms with Gasteiger partial charge in [-0.25, -0.2) is 0 Å². The predicted octanol–water partition coefficient (Wildman–Crippen LogP) is 11.4. The lowest BCUT2D eigenvalue weighted by Crippen LogP contribution is -2.02. The van der Waals surface area contributed by atoms with Gasteiger partial charge in [-0.1, -0.05) is 109 Å². The fourth-order valence-corrected chi connectivity index (χ4v) is 6.08. The fourth-order valence-electron chi connectivity index (χ4n) is 5.09. The summed E-state index contributed by atoms with van der Waals surface area (Å²) in [6.45, 7) is 6.36. The maximum absolute atomic E-state index is 6.33. The average Bonchev–Trinajstić information content (AvgIpc) is 3.03. The first kappa shape index (κ1) is 28.3. The van der Waals surface area contributed by atoms with Gasteiger partial charge in [-0.3, -0.25) is 0 Å². The minimum atomic E-state index is -1.80. The van der Waals surface area contributed by atoms with Crippen LogP contribution < -0.4 is 13.6 Å². The van der Waals surface area contributed by atoms with Crippen LogP contribution in [-0.2, 0) is 0 Å². The Morgan fingerprint density at radius 1 is 0.326 bits per heavy atom. The van der Waals surface area contributed by atoms with Gasteiger partial charge in [0.15, 0.2) is 0 Å². The molecule has 43 heavy (non-hydrogen) atoms. The summed E-state index contributed by atoms with van der Waals surface area (Å²) in [5.74, 6) is 2.03. The first-order valence-corrected chi connectivity index (χ1v) is 15.5. The molecule has 6 aromatic carbocycles. The Hall–Kier alpha value is -4.85. The molecule has 0 aromatic heterocycles. The number of aryl methyl sites for hydroxylation is 3. The van der Waals surface area contributed by atoms with Crippen molar-refractivity contribution in [3.05, 3.63) is 162 Å². The van der Waals surface area contributed by atoms with Gasteiger partial charge in [0.1, 0.15) is 17.2 Å². The van der Waals surface area contributed by atoms with Gasteiger partial charge >= 0.3 is 8.60 Å². The molecule has 212 valence electrons. The second kappa shape index (κ2) is 13.0. The highest BCUT2D eigenvalue weighted by molar-refractivity contribution is 7.43. The molecule has 0 aliphatic carbocycles.